The molecule has 3 rings (SSSR count). The number of halogens is 1. The fraction of sp³-hybridized carbons (Fsp3) is 0.312. The summed E-state index contributed by atoms with van der Waals surface area (Å²) >= 11 is 3.39. The average Bonchev–Trinajstić information content (AvgIpc) is 2.96. The maximum atomic E-state index is 12.4. The summed E-state index contributed by atoms with van der Waals surface area (Å²) in [6, 6.07) is 7.18. The zero-order chi connectivity index (χ0) is 15.9. The molecule has 116 valence electrons. The molecule has 2 heterocycles. The Bertz CT molecular complexity index is 737. The van der Waals surface area contributed by atoms with Crippen LogP contribution in [0.3, 0.4) is 0 Å². The number of carbonyl (C=O) groups is 1. The van der Waals surface area contributed by atoms with Gasteiger partial charge < -0.3 is 19.4 Å². The number of aromatic nitrogens is 1. The summed E-state index contributed by atoms with van der Waals surface area (Å²) in [5.41, 5.74) is 1.28. The Morgan fingerprint density at radius 2 is 2.00 bits per heavy atom. The van der Waals surface area contributed by atoms with Gasteiger partial charge in [-0.15, -0.1) is 0 Å². The van der Waals surface area contributed by atoms with Crippen LogP contribution in [0, 0.1) is 0 Å². The van der Waals surface area contributed by atoms with Crippen LogP contribution < -0.4 is 14.8 Å². The van der Waals surface area contributed by atoms with Gasteiger partial charge in [0.15, 0.2) is 11.5 Å². The lowest BCUT2D eigenvalue weighted by Gasteiger charge is -2.16. The molecule has 6 heteroatoms. The van der Waals surface area contributed by atoms with Crippen LogP contribution in [0.15, 0.2) is 34.9 Å². The molecule has 1 aliphatic heterocycles. The van der Waals surface area contributed by atoms with E-state index in [4.69, 9.17) is 9.47 Å². The number of aryl methyl sites for hydroxylation is 1. The van der Waals surface area contributed by atoms with Crippen molar-refractivity contribution in [3.05, 3.63) is 40.6 Å². The summed E-state index contributed by atoms with van der Waals surface area (Å²) in [5.74, 6) is 0.482. The molecule has 0 unspecified atom stereocenters. The summed E-state index contributed by atoms with van der Waals surface area (Å²) in [6.07, 6.45) is 1.89. The van der Waals surface area contributed by atoms with Crippen LogP contribution >= 0.6 is 15.9 Å². The van der Waals surface area contributed by atoms with E-state index in [0.717, 1.165) is 11.0 Å². The second kappa shape index (κ2) is 5.35. The number of ether oxygens (including phenoxy) is 2. The third kappa shape index (κ3) is 2.83. The number of fused-ring (bicyclic) bond motifs is 1. The van der Waals surface area contributed by atoms with Crippen molar-refractivity contribution >= 4 is 27.5 Å². The quantitative estimate of drug-likeness (QED) is 0.894. The zero-order valence-corrected chi connectivity index (χ0v) is 14.2. The molecule has 0 bridgehead atoms. The first-order valence-corrected chi connectivity index (χ1v) is 7.86. The van der Waals surface area contributed by atoms with Crippen molar-refractivity contribution in [3.8, 4) is 11.5 Å². The highest BCUT2D eigenvalue weighted by molar-refractivity contribution is 9.10. The van der Waals surface area contributed by atoms with Gasteiger partial charge in [0.1, 0.15) is 5.69 Å². The molecule has 0 spiro atoms. The second-order valence-corrected chi connectivity index (χ2v) is 6.46. The monoisotopic (exact) mass is 364 g/mol. The number of nitrogens with zero attached hydrogens (tertiary/aromatic N) is 1. The molecule has 1 aromatic heterocycles. The van der Waals surface area contributed by atoms with Gasteiger partial charge >= 0.3 is 0 Å². The van der Waals surface area contributed by atoms with E-state index in [-0.39, 0.29) is 5.91 Å². The maximum absolute atomic E-state index is 12.4. The van der Waals surface area contributed by atoms with Gasteiger partial charge in [0.25, 0.3) is 5.91 Å². The Balaban J connectivity index is 1.81. The van der Waals surface area contributed by atoms with Crippen LogP contribution in [0.25, 0.3) is 0 Å². The van der Waals surface area contributed by atoms with Crippen LogP contribution in [0.1, 0.15) is 31.3 Å². The Morgan fingerprint density at radius 1 is 1.27 bits per heavy atom. The lowest BCUT2D eigenvalue weighted by molar-refractivity contribution is -0.0431. The minimum atomic E-state index is -0.674. The van der Waals surface area contributed by atoms with Gasteiger partial charge in [0.05, 0.1) is 0 Å². The van der Waals surface area contributed by atoms with Gasteiger partial charge in [-0.2, -0.15) is 0 Å². The minimum absolute atomic E-state index is 0.161. The third-order valence-electron chi connectivity index (χ3n) is 3.35. The third-order valence-corrected chi connectivity index (χ3v) is 3.78. The number of hydrogen-bond donors (Lipinski definition) is 1. The topological polar surface area (TPSA) is 52.5 Å². The normalized spacial score (nSPS) is 14.9. The van der Waals surface area contributed by atoms with Crippen LogP contribution in [-0.4, -0.2) is 16.3 Å². The molecule has 0 saturated heterocycles. The number of amides is 1. The number of rotatable bonds is 3. The van der Waals surface area contributed by atoms with E-state index in [1.54, 1.807) is 24.3 Å². The highest BCUT2D eigenvalue weighted by Gasteiger charge is 2.31. The first-order valence-electron chi connectivity index (χ1n) is 7.07. The van der Waals surface area contributed by atoms with E-state index < -0.39 is 5.79 Å². The summed E-state index contributed by atoms with van der Waals surface area (Å²) in [6.45, 7) is 6.41. The molecule has 1 aromatic carbocycles. The number of carbonyl (C=O) groups excluding carboxylic acids is 1. The molecule has 22 heavy (non-hydrogen) atoms. The smallest absolute Gasteiger partial charge is 0.272 e. The molecule has 0 saturated carbocycles. The Hall–Kier alpha value is -1.95. The lowest BCUT2D eigenvalue weighted by Crippen LogP contribution is -2.29. The summed E-state index contributed by atoms with van der Waals surface area (Å²) < 4.78 is 14.1. The molecular weight excluding hydrogens is 348 g/mol. The molecule has 0 radical (unpaired) electrons. The van der Waals surface area contributed by atoms with Crippen molar-refractivity contribution in [2.75, 3.05) is 5.32 Å². The minimum Gasteiger partial charge on any atom is -0.449 e. The predicted molar refractivity (Wildman–Crippen MR) is 87.5 cm³/mol. The van der Waals surface area contributed by atoms with Crippen LogP contribution in [0.2, 0.25) is 0 Å². The molecule has 0 atom stereocenters. The molecule has 1 amide bonds. The van der Waals surface area contributed by atoms with Crippen molar-refractivity contribution in [2.45, 2.75) is 33.1 Å². The van der Waals surface area contributed by atoms with E-state index in [1.807, 2.05) is 31.5 Å². The standard InChI is InChI=1S/C16H17BrN2O3/c1-4-19-9-10(17)7-12(19)15(20)18-11-5-6-13-14(8-11)22-16(2,3)21-13/h5-9H,4H2,1-3H3,(H,18,20). The largest absolute Gasteiger partial charge is 0.449 e. The molecule has 0 aliphatic carbocycles. The van der Waals surface area contributed by atoms with Gasteiger partial charge in [-0.1, -0.05) is 0 Å². The van der Waals surface area contributed by atoms with E-state index >= 15 is 0 Å². The number of hydrogen-bond acceptors (Lipinski definition) is 3. The zero-order valence-electron chi connectivity index (χ0n) is 12.6. The van der Waals surface area contributed by atoms with Crippen molar-refractivity contribution in [1.29, 1.82) is 0 Å². The second-order valence-electron chi connectivity index (χ2n) is 5.55. The fourth-order valence-corrected chi connectivity index (χ4v) is 2.89. The maximum Gasteiger partial charge on any atom is 0.272 e. The van der Waals surface area contributed by atoms with E-state index in [2.05, 4.69) is 21.2 Å². The average molecular weight is 365 g/mol. The van der Waals surface area contributed by atoms with Crippen molar-refractivity contribution in [3.63, 3.8) is 0 Å². The first kappa shape index (κ1) is 15.0. The first-order chi connectivity index (χ1) is 10.4. The molecule has 5 nitrogen and oxygen atoms in total. The summed E-state index contributed by atoms with van der Waals surface area (Å²) in [4.78, 5) is 12.4. The molecule has 0 fully saturated rings. The highest BCUT2D eigenvalue weighted by atomic mass is 79.9. The van der Waals surface area contributed by atoms with E-state index in [1.165, 1.54) is 0 Å². The molecular formula is C16H17BrN2O3. The van der Waals surface area contributed by atoms with Gasteiger partial charge in [-0.25, -0.2) is 0 Å². The van der Waals surface area contributed by atoms with Crippen molar-refractivity contribution < 1.29 is 14.3 Å². The van der Waals surface area contributed by atoms with Crippen LogP contribution in [0.5, 0.6) is 11.5 Å². The Kier molecular flexibility index (Phi) is 3.64. The van der Waals surface area contributed by atoms with Crippen molar-refractivity contribution in [1.82, 2.24) is 4.57 Å². The van der Waals surface area contributed by atoms with Gasteiger partial charge in [-0.3, -0.25) is 4.79 Å². The Morgan fingerprint density at radius 3 is 2.73 bits per heavy atom. The van der Waals surface area contributed by atoms with Gasteiger partial charge in [-0.05, 0) is 41.1 Å². The molecule has 2 aromatic rings. The van der Waals surface area contributed by atoms with E-state index in [0.29, 0.717) is 22.9 Å². The predicted octanol–water partition coefficient (Wildman–Crippen LogP) is 4.03. The highest BCUT2D eigenvalue weighted by Crippen LogP contribution is 2.40. The molecule has 1 N–H and O–H groups in total. The lowest BCUT2D eigenvalue weighted by atomic mass is 10.2. The van der Waals surface area contributed by atoms with Crippen molar-refractivity contribution in [2.24, 2.45) is 0 Å². The number of anilines is 1. The number of benzene rings is 1. The number of nitrogens with one attached hydrogen (secondary N) is 1. The van der Waals surface area contributed by atoms with Crippen LogP contribution in [0.4, 0.5) is 5.69 Å². The fourth-order valence-electron chi connectivity index (χ4n) is 2.42. The van der Waals surface area contributed by atoms with Crippen LogP contribution in [-0.2, 0) is 6.54 Å². The van der Waals surface area contributed by atoms with E-state index in [9.17, 15) is 4.79 Å². The summed E-state index contributed by atoms with van der Waals surface area (Å²) in [7, 11) is 0. The Labute approximate surface area is 137 Å². The van der Waals surface area contributed by atoms with Gasteiger partial charge in [0, 0.05) is 42.8 Å². The summed E-state index contributed by atoms with van der Waals surface area (Å²) in [5, 5.41) is 2.89. The van der Waals surface area contributed by atoms with Gasteiger partial charge in [0.2, 0.25) is 5.79 Å². The SMILES string of the molecule is CCn1cc(Br)cc1C(=O)Nc1ccc2c(c1)OC(C)(C)O2. The molecule has 1 aliphatic rings.